The molecule has 3 aromatic heterocycles. The van der Waals surface area contributed by atoms with E-state index in [4.69, 9.17) is 11.6 Å². The van der Waals surface area contributed by atoms with Crippen LogP contribution >= 0.6 is 11.6 Å². The van der Waals surface area contributed by atoms with Gasteiger partial charge >= 0.3 is 0 Å². The molecule has 3 heterocycles. The first kappa shape index (κ1) is 19.9. The number of halogens is 2. The molecule has 4 aromatic rings. The Balaban J connectivity index is 1.84. The normalized spacial score (nSPS) is 12.2. The lowest BCUT2D eigenvalue weighted by Crippen LogP contribution is -2.28. The van der Waals surface area contributed by atoms with Gasteiger partial charge in [0.25, 0.3) is 5.91 Å². The summed E-state index contributed by atoms with van der Waals surface area (Å²) in [7, 11) is 3.11. The van der Waals surface area contributed by atoms with Crippen molar-refractivity contribution in [2.75, 3.05) is 14.1 Å². The highest BCUT2D eigenvalue weighted by Crippen LogP contribution is 2.38. The molecular weight excluding hydrogens is 409 g/mol. The fraction of sp³-hybridized carbons (Fsp3) is 0.143. The molecule has 0 radical (unpaired) electrons. The van der Waals surface area contributed by atoms with E-state index in [2.05, 4.69) is 20.2 Å². The van der Waals surface area contributed by atoms with Crippen LogP contribution in [0.4, 0.5) is 4.39 Å². The van der Waals surface area contributed by atoms with Crippen LogP contribution < -0.4 is 0 Å². The standard InChI is InChI=1S/C21H17ClFN5O2/c1-28(2)21(30)19(29)12-7-11(8-24-9-12)14-10-25-20-16(17(14)22)18(26-27-20)13-5-3-4-6-15(13)23/h3-10,19,29H,1-2H3,(H,25,26,27). The van der Waals surface area contributed by atoms with E-state index in [-0.39, 0.29) is 0 Å². The molecule has 1 unspecified atom stereocenters. The highest BCUT2D eigenvalue weighted by Gasteiger charge is 2.22. The van der Waals surface area contributed by atoms with Crippen LogP contribution in [0.15, 0.2) is 48.9 Å². The van der Waals surface area contributed by atoms with Crippen LogP contribution in [0.2, 0.25) is 5.02 Å². The predicted octanol–water partition coefficient (Wildman–Crippen LogP) is 3.60. The van der Waals surface area contributed by atoms with E-state index in [1.807, 2.05) is 0 Å². The first-order chi connectivity index (χ1) is 14.4. The van der Waals surface area contributed by atoms with E-state index >= 15 is 0 Å². The number of nitrogens with zero attached hydrogens (tertiary/aromatic N) is 4. The zero-order valence-electron chi connectivity index (χ0n) is 16.1. The predicted molar refractivity (Wildman–Crippen MR) is 111 cm³/mol. The quantitative estimate of drug-likeness (QED) is 0.521. The second-order valence-corrected chi connectivity index (χ2v) is 7.28. The molecule has 1 aromatic carbocycles. The minimum absolute atomic E-state index is 0.295. The molecule has 0 aliphatic carbocycles. The number of amides is 1. The minimum Gasteiger partial charge on any atom is -0.378 e. The minimum atomic E-state index is -1.36. The number of hydrogen-bond donors (Lipinski definition) is 2. The van der Waals surface area contributed by atoms with Crippen molar-refractivity contribution >= 4 is 28.5 Å². The first-order valence-electron chi connectivity index (χ1n) is 9.00. The summed E-state index contributed by atoms with van der Waals surface area (Å²) in [6.45, 7) is 0. The summed E-state index contributed by atoms with van der Waals surface area (Å²) in [6.07, 6.45) is 3.15. The van der Waals surface area contributed by atoms with E-state index in [1.165, 1.54) is 23.4 Å². The maximum Gasteiger partial charge on any atom is 0.255 e. The largest absolute Gasteiger partial charge is 0.378 e. The van der Waals surface area contributed by atoms with Gasteiger partial charge in [-0.25, -0.2) is 9.37 Å². The van der Waals surface area contributed by atoms with E-state index in [0.29, 0.717) is 44.0 Å². The third-order valence-electron chi connectivity index (χ3n) is 4.72. The number of hydrogen-bond acceptors (Lipinski definition) is 5. The van der Waals surface area contributed by atoms with Gasteiger partial charge < -0.3 is 10.0 Å². The van der Waals surface area contributed by atoms with Crippen molar-refractivity contribution in [3.8, 4) is 22.4 Å². The van der Waals surface area contributed by atoms with Crippen molar-refractivity contribution < 1.29 is 14.3 Å². The molecule has 0 aliphatic rings. The molecule has 1 amide bonds. The number of pyridine rings is 2. The van der Waals surface area contributed by atoms with E-state index < -0.39 is 17.8 Å². The number of likely N-dealkylation sites (N-methyl/N-ethyl adjacent to an activating group) is 1. The second kappa shape index (κ2) is 7.81. The van der Waals surface area contributed by atoms with Gasteiger partial charge in [-0.3, -0.25) is 14.9 Å². The summed E-state index contributed by atoms with van der Waals surface area (Å²) in [5.41, 5.74) is 2.44. The first-order valence-corrected chi connectivity index (χ1v) is 9.38. The maximum atomic E-state index is 14.3. The highest BCUT2D eigenvalue weighted by atomic mass is 35.5. The summed E-state index contributed by atoms with van der Waals surface area (Å²) >= 11 is 6.68. The van der Waals surface area contributed by atoms with Crippen LogP contribution in [-0.2, 0) is 4.79 Å². The van der Waals surface area contributed by atoms with Crippen LogP contribution in [0.1, 0.15) is 11.7 Å². The number of aromatic nitrogens is 4. The lowest BCUT2D eigenvalue weighted by molar-refractivity contribution is -0.137. The number of carbonyl (C=O) groups is 1. The van der Waals surface area contributed by atoms with Crippen molar-refractivity contribution in [1.29, 1.82) is 0 Å². The number of fused-ring (bicyclic) bond motifs is 1. The Kier molecular flexibility index (Phi) is 5.19. The number of aliphatic hydroxyl groups excluding tert-OH is 1. The summed E-state index contributed by atoms with van der Waals surface area (Å²) in [5, 5.41) is 18.1. The van der Waals surface area contributed by atoms with Crippen molar-refractivity contribution in [2.24, 2.45) is 0 Å². The Hall–Kier alpha value is -3.36. The number of H-pyrrole nitrogens is 1. The molecule has 2 N–H and O–H groups in total. The van der Waals surface area contributed by atoms with Gasteiger partial charge in [-0.1, -0.05) is 23.7 Å². The van der Waals surface area contributed by atoms with E-state index in [9.17, 15) is 14.3 Å². The van der Waals surface area contributed by atoms with Crippen LogP contribution in [0.5, 0.6) is 0 Å². The molecule has 1 atom stereocenters. The van der Waals surface area contributed by atoms with Gasteiger partial charge in [0.15, 0.2) is 11.8 Å². The molecule has 4 rings (SSSR count). The SMILES string of the molecule is CN(C)C(=O)C(O)c1cncc(-c2cnc3[nH]nc(-c4ccccc4F)c3c2Cl)c1. The third kappa shape index (κ3) is 3.40. The molecule has 9 heteroatoms. The number of aromatic amines is 1. The van der Waals surface area contributed by atoms with Gasteiger partial charge in [-0.2, -0.15) is 5.10 Å². The van der Waals surface area contributed by atoms with Crippen molar-refractivity contribution in [3.05, 3.63) is 65.3 Å². The summed E-state index contributed by atoms with van der Waals surface area (Å²) in [5.74, 6) is -0.897. The number of aliphatic hydroxyl groups is 1. The molecule has 0 aliphatic heterocycles. The van der Waals surface area contributed by atoms with Crippen LogP contribution in [-0.4, -0.2) is 50.2 Å². The molecule has 0 spiro atoms. The van der Waals surface area contributed by atoms with Crippen molar-refractivity contribution in [3.63, 3.8) is 0 Å². The Bertz CT molecular complexity index is 1260. The zero-order chi connectivity index (χ0) is 21.4. The van der Waals surface area contributed by atoms with E-state index in [0.717, 1.165) is 0 Å². The van der Waals surface area contributed by atoms with Gasteiger partial charge in [0.05, 0.1) is 10.4 Å². The summed E-state index contributed by atoms with van der Waals surface area (Å²) in [6, 6.07) is 7.88. The Morgan fingerprint density at radius 1 is 1.20 bits per heavy atom. The molecule has 30 heavy (non-hydrogen) atoms. The molecule has 152 valence electrons. The van der Waals surface area contributed by atoms with Gasteiger partial charge in [0.2, 0.25) is 0 Å². The summed E-state index contributed by atoms with van der Waals surface area (Å²) in [4.78, 5) is 21.9. The summed E-state index contributed by atoms with van der Waals surface area (Å²) < 4.78 is 14.3. The molecule has 0 saturated carbocycles. The Morgan fingerprint density at radius 3 is 2.70 bits per heavy atom. The van der Waals surface area contributed by atoms with Gasteiger partial charge in [-0.05, 0) is 18.2 Å². The second-order valence-electron chi connectivity index (χ2n) is 6.90. The molecule has 0 saturated heterocycles. The maximum absolute atomic E-state index is 14.3. The topological polar surface area (TPSA) is 95.0 Å². The lowest BCUT2D eigenvalue weighted by atomic mass is 10.0. The number of nitrogens with one attached hydrogen (secondary N) is 1. The Morgan fingerprint density at radius 2 is 1.97 bits per heavy atom. The van der Waals surface area contributed by atoms with Gasteiger partial charge in [0, 0.05) is 54.9 Å². The molecular formula is C21H17ClFN5O2. The fourth-order valence-electron chi connectivity index (χ4n) is 3.15. The average molecular weight is 426 g/mol. The van der Waals surface area contributed by atoms with Crippen molar-refractivity contribution in [2.45, 2.75) is 6.10 Å². The van der Waals surface area contributed by atoms with Gasteiger partial charge in [-0.15, -0.1) is 0 Å². The molecule has 0 fully saturated rings. The molecule has 0 bridgehead atoms. The van der Waals surface area contributed by atoms with Crippen LogP contribution in [0, 0.1) is 5.82 Å². The monoisotopic (exact) mass is 425 g/mol. The lowest BCUT2D eigenvalue weighted by Gasteiger charge is -2.16. The highest BCUT2D eigenvalue weighted by molar-refractivity contribution is 6.39. The fourth-order valence-corrected chi connectivity index (χ4v) is 3.48. The number of benzene rings is 1. The Labute approximate surface area is 176 Å². The zero-order valence-corrected chi connectivity index (χ0v) is 16.9. The third-order valence-corrected chi connectivity index (χ3v) is 5.11. The van der Waals surface area contributed by atoms with Crippen LogP contribution in [0.25, 0.3) is 33.4 Å². The van der Waals surface area contributed by atoms with Crippen LogP contribution in [0.3, 0.4) is 0 Å². The number of rotatable bonds is 4. The van der Waals surface area contributed by atoms with Crippen molar-refractivity contribution in [1.82, 2.24) is 25.1 Å². The average Bonchev–Trinajstić information content (AvgIpc) is 3.18. The number of carbonyl (C=O) groups excluding carboxylic acids is 1. The molecule has 7 nitrogen and oxygen atoms in total. The smallest absolute Gasteiger partial charge is 0.255 e. The van der Waals surface area contributed by atoms with Gasteiger partial charge in [0.1, 0.15) is 11.5 Å². The van der Waals surface area contributed by atoms with E-state index in [1.54, 1.807) is 44.6 Å².